The highest BCUT2D eigenvalue weighted by Crippen LogP contribution is 2.27. The van der Waals surface area contributed by atoms with Crippen LogP contribution in [0.25, 0.3) is 10.2 Å². The number of unbranched alkanes of at least 4 members (excludes halogenated alkanes) is 1. The molecule has 3 aromatic rings. The molecule has 0 saturated carbocycles. The van der Waals surface area contributed by atoms with Crippen molar-refractivity contribution in [3.05, 3.63) is 58.6 Å². The summed E-state index contributed by atoms with van der Waals surface area (Å²) >= 11 is 7.38. The van der Waals surface area contributed by atoms with Crippen LogP contribution in [-0.4, -0.2) is 10.9 Å². The van der Waals surface area contributed by atoms with Crippen molar-refractivity contribution < 1.29 is 4.79 Å². The summed E-state index contributed by atoms with van der Waals surface area (Å²) < 4.78 is 1.12. The van der Waals surface area contributed by atoms with Crippen LogP contribution in [0, 0.1) is 0 Å². The quantitative estimate of drug-likeness (QED) is 0.634. The third-order valence-electron chi connectivity index (χ3n) is 3.80. The lowest BCUT2D eigenvalue weighted by Gasteiger charge is -2.01. The van der Waals surface area contributed by atoms with Gasteiger partial charge in [-0.2, -0.15) is 0 Å². The van der Waals surface area contributed by atoms with Crippen molar-refractivity contribution in [2.24, 2.45) is 0 Å². The van der Waals surface area contributed by atoms with Crippen LogP contribution < -0.4 is 5.32 Å². The summed E-state index contributed by atoms with van der Waals surface area (Å²) in [6.07, 6.45) is 3.78. The second-order valence-corrected chi connectivity index (χ2v) is 7.24. The average Bonchev–Trinajstić information content (AvgIpc) is 2.96. The van der Waals surface area contributed by atoms with Crippen molar-refractivity contribution in [2.75, 3.05) is 5.32 Å². The molecule has 0 fully saturated rings. The number of carbonyl (C=O) groups is 1. The Balaban J connectivity index is 1.68. The number of hydrogen-bond donors (Lipinski definition) is 1. The first kappa shape index (κ1) is 16.9. The van der Waals surface area contributed by atoms with Gasteiger partial charge in [-0.05, 0) is 48.2 Å². The van der Waals surface area contributed by atoms with Gasteiger partial charge in [0.15, 0.2) is 5.13 Å². The number of aromatic nitrogens is 1. The molecule has 0 atom stereocenters. The molecule has 5 heteroatoms. The Bertz CT molecular complexity index is 842. The third-order valence-corrected chi connectivity index (χ3v) is 4.98. The second kappa shape index (κ2) is 7.77. The van der Waals surface area contributed by atoms with E-state index < -0.39 is 0 Å². The van der Waals surface area contributed by atoms with Crippen LogP contribution in [-0.2, 0) is 17.6 Å². The number of anilines is 1. The van der Waals surface area contributed by atoms with Crippen LogP contribution in [0.15, 0.2) is 42.5 Å². The van der Waals surface area contributed by atoms with Crippen molar-refractivity contribution in [1.82, 2.24) is 4.98 Å². The summed E-state index contributed by atoms with van der Waals surface area (Å²) in [5.74, 6) is -0.0671. The summed E-state index contributed by atoms with van der Waals surface area (Å²) in [4.78, 5) is 16.7. The highest BCUT2D eigenvalue weighted by Gasteiger charge is 2.09. The highest BCUT2D eigenvalue weighted by molar-refractivity contribution is 7.22. The Morgan fingerprint density at radius 3 is 2.67 bits per heavy atom. The predicted molar refractivity (Wildman–Crippen MR) is 102 cm³/mol. The van der Waals surface area contributed by atoms with Crippen molar-refractivity contribution >= 4 is 44.2 Å². The Kier molecular flexibility index (Phi) is 5.48. The molecule has 0 spiro atoms. The lowest BCUT2D eigenvalue weighted by atomic mass is 10.1. The van der Waals surface area contributed by atoms with E-state index in [1.165, 1.54) is 29.7 Å². The molecule has 24 heavy (non-hydrogen) atoms. The van der Waals surface area contributed by atoms with Crippen LogP contribution in [0.4, 0.5) is 5.13 Å². The number of aryl methyl sites for hydroxylation is 1. The van der Waals surface area contributed by atoms with Crippen LogP contribution in [0.3, 0.4) is 0 Å². The maximum Gasteiger partial charge on any atom is 0.230 e. The summed E-state index contributed by atoms with van der Waals surface area (Å²) in [5, 5.41) is 4.21. The first-order valence-corrected chi connectivity index (χ1v) is 9.27. The molecule has 1 heterocycles. The number of fused-ring (bicyclic) bond motifs is 1. The molecule has 2 aromatic carbocycles. The van der Waals surface area contributed by atoms with Crippen LogP contribution in [0.2, 0.25) is 5.02 Å². The molecule has 0 unspecified atom stereocenters. The van der Waals surface area contributed by atoms with E-state index in [9.17, 15) is 4.79 Å². The predicted octanol–water partition coefficient (Wildman–Crippen LogP) is 5.47. The third kappa shape index (κ3) is 4.34. The summed E-state index contributed by atoms with van der Waals surface area (Å²) in [7, 11) is 0. The molecule has 0 bridgehead atoms. The highest BCUT2D eigenvalue weighted by atomic mass is 35.5. The fraction of sp³-hybridized carbons (Fsp3) is 0.263. The largest absolute Gasteiger partial charge is 0.302 e. The first-order valence-electron chi connectivity index (χ1n) is 8.08. The Morgan fingerprint density at radius 2 is 1.92 bits per heavy atom. The number of nitrogens with zero attached hydrogens (tertiary/aromatic N) is 1. The van der Waals surface area contributed by atoms with Crippen LogP contribution in [0.5, 0.6) is 0 Å². The zero-order valence-electron chi connectivity index (χ0n) is 13.5. The summed E-state index contributed by atoms with van der Waals surface area (Å²) in [6.45, 7) is 2.19. The van der Waals surface area contributed by atoms with E-state index in [4.69, 9.17) is 11.6 Å². The minimum absolute atomic E-state index is 0.0671. The maximum atomic E-state index is 12.2. The average molecular weight is 359 g/mol. The molecule has 0 aliphatic carbocycles. The molecule has 3 rings (SSSR count). The molecule has 1 N–H and O–H groups in total. The molecular formula is C19H19ClN2OS. The molecule has 0 radical (unpaired) electrons. The van der Waals surface area contributed by atoms with Gasteiger partial charge in [0.1, 0.15) is 0 Å². The molecule has 1 amide bonds. The number of benzene rings is 2. The van der Waals surface area contributed by atoms with E-state index in [2.05, 4.69) is 29.4 Å². The topological polar surface area (TPSA) is 42.0 Å². The number of thiazole rings is 1. The van der Waals surface area contributed by atoms with Gasteiger partial charge in [-0.3, -0.25) is 4.79 Å². The standard InChI is InChI=1S/C19H19ClN2OS/c1-2-3-4-13-7-10-16-17(11-13)24-19(21-16)22-18(23)12-14-5-8-15(20)9-6-14/h5-11H,2-4,12H2,1H3,(H,21,22,23). The lowest BCUT2D eigenvalue weighted by molar-refractivity contribution is -0.115. The van der Waals surface area contributed by atoms with Gasteiger partial charge >= 0.3 is 0 Å². The normalized spacial score (nSPS) is 10.9. The van der Waals surface area contributed by atoms with Gasteiger partial charge in [-0.25, -0.2) is 4.98 Å². The second-order valence-electron chi connectivity index (χ2n) is 5.78. The van der Waals surface area contributed by atoms with Gasteiger partial charge in [0, 0.05) is 5.02 Å². The number of amides is 1. The molecule has 0 aliphatic rings. The van der Waals surface area contributed by atoms with E-state index in [0.29, 0.717) is 16.6 Å². The van der Waals surface area contributed by atoms with Gasteiger partial charge in [-0.15, -0.1) is 0 Å². The fourth-order valence-corrected chi connectivity index (χ4v) is 3.58. The van der Waals surface area contributed by atoms with E-state index in [1.807, 2.05) is 18.2 Å². The number of hydrogen-bond acceptors (Lipinski definition) is 3. The number of nitrogens with one attached hydrogen (secondary N) is 1. The minimum Gasteiger partial charge on any atom is -0.302 e. The first-order chi connectivity index (χ1) is 11.6. The zero-order chi connectivity index (χ0) is 16.9. The molecule has 0 saturated heterocycles. The van der Waals surface area contributed by atoms with E-state index in [-0.39, 0.29) is 5.91 Å². The van der Waals surface area contributed by atoms with Gasteiger partial charge in [0.05, 0.1) is 16.6 Å². The smallest absolute Gasteiger partial charge is 0.230 e. The monoisotopic (exact) mass is 358 g/mol. The molecular weight excluding hydrogens is 340 g/mol. The Morgan fingerprint density at radius 1 is 1.17 bits per heavy atom. The zero-order valence-corrected chi connectivity index (χ0v) is 15.1. The van der Waals surface area contributed by atoms with E-state index in [1.54, 1.807) is 12.1 Å². The van der Waals surface area contributed by atoms with Crippen molar-refractivity contribution in [3.63, 3.8) is 0 Å². The maximum absolute atomic E-state index is 12.2. The fourth-order valence-electron chi connectivity index (χ4n) is 2.51. The number of rotatable bonds is 6. The number of carbonyl (C=O) groups excluding carboxylic acids is 1. The van der Waals surface area contributed by atoms with Gasteiger partial charge in [-0.1, -0.05) is 54.5 Å². The molecule has 124 valence electrons. The summed E-state index contributed by atoms with van der Waals surface area (Å²) in [6, 6.07) is 13.6. The number of halogens is 1. The Hall–Kier alpha value is -1.91. The molecule has 0 aliphatic heterocycles. The van der Waals surface area contributed by atoms with Crippen molar-refractivity contribution in [1.29, 1.82) is 0 Å². The SMILES string of the molecule is CCCCc1ccc2nc(NC(=O)Cc3ccc(Cl)cc3)sc2c1. The molecule has 1 aromatic heterocycles. The Labute approximate surface area is 150 Å². The van der Waals surface area contributed by atoms with Crippen LogP contribution in [0.1, 0.15) is 30.9 Å². The minimum atomic E-state index is -0.0671. The lowest BCUT2D eigenvalue weighted by Crippen LogP contribution is -2.14. The molecule has 3 nitrogen and oxygen atoms in total. The van der Waals surface area contributed by atoms with E-state index in [0.717, 1.165) is 22.2 Å². The van der Waals surface area contributed by atoms with Gasteiger partial charge in [0.2, 0.25) is 5.91 Å². The van der Waals surface area contributed by atoms with Crippen molar-refractivity contribution in [2.45, 2.75) is 32.6 Å². The van der Waals surface area contributed by atoms with Crippen molar-refractivity contribution in [3.8, 4) is 0 Å². The van der Waals surface area contributed by atoms with E-state index >= 15 is 0 Å². The van der Waals surface area contributed by atoms with Gasteiger partial charge in [0.25, 0.3) is 0 Å². The van der Waals surface area contributed by atoms with Crippen LogP contribution >= 0.6 is 22.9 Å². The van der Waals surface area contributed by atoms with Gasteiger partial charge < -0.3 is 5.32 Å². The summed E-state index contributed by atoms with van der Waals surface area (Å²) in [5.41, 5.74) is 3.19.